The topological polar surface area (TPSA) is 73.1 Å². The Balaban J connectivity index is 1.81. The number of nitrogens with zero attached hydrogens (tertiary/aromatic N) is 2. The van der Waals surface area contributed by atoms with Crippen LogP contribution in [0.15, 0.2) is 47.6 Å². The van der Waals surface area contributed by atoms with E-state index < -0.39 is 0 Å². The molecule has 1 aliphatic heterocycles. The second-order valence-corrected chi connectivity index (χ2v) is 5.99. The van der Waals surface area contributed by atoms with Gasteiger partial charge >= 0.3 is 0 Å². The molecule has 4 rings (SSSR count). The van der Waals surface area contributed by atoms with Gasteiger partial charge in [0, 0.05) is 17.9 Å². The van der Waals surface area contributed by atoms with Gasteiger partial charge in [0.25, 0.3) is 0 Å². The zero-order chi connectivity index (χ0) is 16.0. The summed E-state index contributed by atoms with van der Waals surface area (Å²) in [4.78, 5) is 12.4. The van der Waals surface area contributed by atoms with E-state index in [-0.39, 0.29) is 23.3 Å². The van der Waals surface area contributed by atoms with Gasteiger partial charge in [0.15, 0.2) is 0 Å². The van der Waals surface area contributed by atoms with E-state index in [9.17, 15) is 15.0 Å². The second-order valence-electron chi connectivity index (χ2n) is 5.99. The first kappa shape index (κ1) is 13.8. The van der Waals surface area contributed by atoms with Gasteiger partial charge in [-0.3, -0.25) is 4.79 Å². The molecule has 23 heavy (non-hydrogen) atoms. The number of hydrazone groups is 1. The maximum Gasteiger partial charge on any atom is 0.248 e. The first-order valence-electron chi connectivity index (χ1n) is 7.64. The molecule has 0 saturated carbocycles. The third-order valence-corrected chi connectivity index (χ3v) is 4.48. The average molecular weight is 308 g/mol. The van der Waals surface area contributed by atoms with Crippen LogP contribution in [0.1, 0.15) is 24.0 Å². The Bertz CT molecular complexity index is 812. The molecule has 0 bridgehead atoms. The summed E-state index contributed by atoms with van der Waals surface area (Å²) in [6.45, 7) is 0. The fourth-order valence-corrected chi connectivity index (χ4v) is 3.30. The fourth-order valence-electron chi connectivity index (χ4n) is 3.30. The minimum Gasteiger partial charge on any atom is -0.508 e. The van der Waals surface area contributed by atoms with E-state index in [0.717, 1.165) is 29.7 Å². The third-order valence-electron chi connectivity index (χ3n) is 4.48. The standard InChI is InChI=1S/C18H16N2O3/c21-14-7-4-13(5-8-14)20-17(23)9-12-2-1-11-3-6-15(22)10-16(11)18(12)19-20/h3-8,10,12,21-22H,1-2,9H2. The van der Waals surface area contributed by atoms with Crippen molar-refractivity contribution in [3.05, 3.63) is 53.6 Å². The highest BCUT2D eigenvalue weighted by Crippen LogP contribution is 2.35. The highest BCUT2D eigenvalue weighted by Gasteiger charge is 2.34. The number of hydrogen-bond acceptors (Lipinski definition) is 4. The molecule has 1 aliphatic carbocycles. The molecule has 0 radical (unpaired) electrons. The Morgan fingerprint density at radius 1 is 1.04 bits per heavy atom. The highest BCUT2D eigenvalue weighted by molar-refractivity contribution is 6.11. The van der Waals surface area contributed by atoms with Gasteiger partial charge in [-0.2, -0.15) is 5.10 Å². The molecule has 0 spiro atoms. The summed E-state index contributed by atoms with van der Waals surface area (Å²) >= 11 is 0. The van der Waals surface area contributed by atoms with Gasteiger partial charge in [-0.1, -0.05) is 6.07 Å². The Labute approximate surface area is 133 Å². The first-order valence-corrected chi connectivity index (χ1v) is 7.64. The molecule has 0 aromatic heterocycles. The Hall–Kier alpha value is -2.82. The van der Waals surface area contributed by atoms with E-state index in [1.54, 1.807) is 24.3 Å². The van der Waals surface area contributed by atoms with Crippen molar-refractivity contribution < 1.29 is 15.0 Å². The molecular formula is C18H16N2O3. The summed E-state index contributed by atoms with van der Waals surface area (Å²) in [5.74, 6) is 0.412. The van der Waals surface area contributed by atoms with Crippen LogP contribution in [0, 0.1) is 5.92 Å². The summed E-state index contributed by atoms with van der Waals surface area (Å²) in [5.41, 5.74) is 3.57. The summed E-state index contributed by atoms with van der Waals surface area (Å²) in [5, 5.41) is 25.2. The summed E-state index contributed by atoms with van der Waals surface area (Å²) in [6, 6.07) is 11.8. The van der Waals surface area contributed by atoms with Crippen molar-refractivity contribution in [2.24, 2.45) is 11.0 Å². The van der Waals surface area contributed by atoms with E-state index in [2.05, 4.69) is 5.10 Å². The number of carbonyl (C=O) groups excluding carboxylic acids is 1. The van der Waals surface area contributed by atoms with E-state index in [1.807, 2.05) is 6.07 Å². The number of aryl methyl sites for hydroxylation is 1. The van der Waals surface area contributed by atoms with Crippen LogP contribution in [0.5, 0.6) is 11.5 Å². The number of anilines is 1. The minimum absolute atomic E-state index is 0.0481. The number of phenols is 2. The van der Waals surface area contributed by atoms with E-state index in [0.29, 0.717) is 12.1 Å². The van der Waals surface area contributed by atoms with Crippen LogP contribution >= 0.6 is 0 Å². The van der Waals surface area contributed by atoms with Gasteiger partial charge in [0.05, 0.1) is 11.4 Å². The summed E-state index contributed by atoms with van der Waals surface area (Å²) < 4.78 is 0. The smallest absolute Gasteiger partial charge is 0.248 e. The van der Waals surface area contributed by atoms with Crippen molar-refractivity contribution >= 4 is 17.3 Å². The molecule has 2 aromatic carbocycles. The van der Waals surface area contributed by atoms with Crippen LogP contribution in [0.4, 0.5) is 5.69 Å². The summed E-state index contributed by atoms with van der Waals surface area (Å²) in [6.07, 6.45) is 2.20. The Morgan fingerprint density at radius 2 is 1.78 bits per heavy atom. The number of hydrogen-bond donors (Lipinski definition) is 2. The number of fused-ring (bicyclic) bond motifs is 3. The molecule has 1 heterocycles. The largest absolute Gasteiger partial charge is 0.508 e. The quantitative estimate of drug-likeness (QED) is 0.851. The monoisotopic (exact) mass is 308 g/mol. The molecule has 116 valence electrons. The number of aromatic hydroxyl groups is 2. The molecular weight excluding hydrogens is 292 g/mol. The molecule has 2 aromatic rings. The lowest BCUT2D eigenvalue weighted by atomic mass is 9.79. The van der Waals surface area contributed by atoms with E-state index in [4.69, 9.17) is 0 Å². The zero-order valence-corrected chi connectivity index (χ0v) is 12.4. The van der Waals surface area contributed by atoms with Gasteiger partial charge < -0.3 is 10.2 Å². The van der Waals surface area contributed by atoms with Gasteiger partial charge in [-0.05, 0) is 54.8 Å². The molecule has 0 fully saturated rings. The van der Waals surface area contributed by atoms with Gasteiger partial charge in [0.1, 0.15) is 11.5 Å². The minimum atomic E-state index is -0.0481. The second kappa shape index (κ2) is 5.12. The van der Waals surface area contributed by atoms with Crippen LogP contribution in [0.2, 0.25) is 0 Å². The lowest BCUT2D eigenvalue weighted by molar-refractivity contribution is -0.119. The number of amides is 1. The van der Waals surface area contributed by atoms with Crippen molar-refractivity contribution in [1.29, 1.82) is 0 Å². The van der Waals surface area contributed by atoms with Crippen molar-refractivity contribution in [3.63, 3.8) is 0 Å². The molecule has 5 heteroatoms. The SMILES string of the molecule is O=C1CC2CCc3ccc(O)cc3C2=NN1c1ccc(O)cc1. The maximum absolute atomic E-state index is 12.4. The number of phenolic OH excluding ortho intramolecular Hbond substituents is 2. The average Bonchev–Trinajstić information content (AvgIpc) is 2.55. The van der Waals surface area contributed by atoms with Crippen LogP contribution in [0.25, 0.3) is 0 Å². The Morgan fingerprint density at radius 3 is 2.57 bits per heavy atom. The van der Waals surface area contributed by atoms with Crippen molar-refractivity contribution in [3.8, 4) is 11.5 Å². The van der Waals surface area contributed by atoms with Crippen LogP contribution in [-0.4, -0.2) is 21.8 Å². The lowest BCUT2D eigenvalue weighted by Gasteiger charge is -2.33. The van der Waals surface area contributed by atoms with Crippen LogP contribution in [0.3, 0.4) is 0 Å². The van der Waals surface area contributed by atoms with Crippen LogP contribution < -0.4 is 5.01 Å². The zero-order valence-electron chi connectivity index (χ0n) is 12.4. The van der Waals surface area contributed by atoms with E-state index in [1.165, 1.54) is 17.1 Å². The predicted octanol–water partition coefficient (Wildman–Crippen LogP) is 2.80. The van der Waals surface area contributed by atoms with Crippen molar-refractivity contribution in [2.45, 2.75) is 19.3 Å². The third kappa shape index (κ3) is 2.34. The van der Waals surface area contributed by atoms with Gasteiger partial charge in [-0.25, -0.2) is 5.01 Å². The number of carbonyl (C=O) groups is 1. The van der Waals surface area contributed by atoms with Crippen molar-refractivity contribution in [1.82, 2.24) is 0 Å². The van der Waals surface area contributed by atoms with E-state index >= 15 is 0 Å². The molecule has 1 amide bonds. The van der Waals surface area contributed by atoms with Crippen molar-refractivity contribution in [2.75, 3.05) is 5.01 Å². The molecule has 0 saturated heterocycles. The maximum atomic E-state index is 12.4. The highest BCUT2D eigenvalue weighted by atomic mass is 16.3. The number of benzene rings is 2. The number of rotatable bonds is 1. The summed E-state index contributed by atoms with van der Waals surface area (Å²) in [7, 11) is 0. The van der Waals surface area contributed by atoms with Gasteiger partial charge in [-0.15, -0.1) is 0 Å². The fraction of sp³-hybridized carbons (Fsp3) is 0.222. The molecule has 5 nitrogen and oxygen atoms in total. The molecule has 2 N–H and O–H groups in total. The lowest BCUT2D eigenvalue weighted by Crippen LogP contribution is -2.39. The Kier molecular flexibility index (Phi) is 3.08. The predicted molar refractivity (Wildman–Crippen MR) is 86.7 cm³/mol. The molecule has 1 atom stereocenters. The normalized spacial score (nSPS) is 19.8. The first-order chi connectivity index (χ1) is 11.1. The van der Waals surface area contributed by atoms with Gasteiger partial charge in [0.2, 0.25) is 5.91 Å². The molecule has 1 unspecified atom stereocenters. The molecule has 2 aliphatic rings. The van der Waals surface area contributed by atoms with Crippen LogP contribution in [-0.2, 0) is 11.2 Å².